The van der Waals surface area contributed by atoms with Crippen LogP contribution in [0.2, 0.25) is 0 Å². The van der Waals surface area contributed by atoms with Gasteiger partial charge in [0.05, 0.1) is 23.5 Å². The number of hydrogen-bond donors (Lipinski definition) is 2. The summed E-state index contributed by atoms with van der Waals surface area (Å²) < 4.78 is 25.3. The smallest absolute Gasteiger partial charge is 0.341 e. The van der Waals surface area contributed by atoms with E-state index in [0.29, 0.717) is 22.5 Å². The molecular weight excluding hydrogens is 487 g/mol. The number of benzene rings is 1. The quantitative estimate of drug-likeness (QED) is 0.576. The van der Waals surface area contributed by atoms with E-state index in [1.54, 1.807) is 35.8 Å². The standard InChI is InChI=1S/C26H19FN2O8/c1-3-26(35)17-6-18-24-15(8-30)14-4-13(27)5-21(36-12-23(33)34)25(14)28(2)19(24)7-29(18)20(9-31)16(17)11-37-22(26)10-32/h4-6,35H,3,7,11-12H2,1-2H3,(H,33,34)/t26-/m0/s1. The van der Waals surface area contributed by atoms with Crippen molar-refractivity contribution < 1.29 is 43.3 Å². The first-order valence-corrected chi connectivity index (χ1v) is 11.2. The number of halogens is 1. The van der Waals surface area contributed by atoms with Crippen LogP contribution < -0.4 is 9.64 Å². The molecule has 0 bridgehead atoms. The van der Waals surface area contributed by atoms with Gasteiger partial charge < -0.3 is 29.5 Å². The molecule has 0 radical (unpaired) electrons. The second-order valence-corrected chi connectivity index (χ2v) is 8.73. The van der Waals surface area contributed by atoms with Crippen molar-refractivity contribution in [2.45, 2.75) is 18.9 Å². The molecule has 0 saturated carbocycles. The van der Waals surface area contributed by atoms with Gasteiger partial charge in [-0.05, 0) is 18.6 Å². The molecule has 1 aromatic carbocycles. The molecule has 1 aromatic rings. The minimum absolute atomic E-state index is 0.0346. The van der Waals surface area contributed by atoms with Gasteiger partial charge in [0.1, 0.15) is 29.8 Å². The fourth-order valence-electron chi connectivity index (χ4n) is 5.23. The van der Waals surface area contributed by atoms with Crippen LogP contribution >= 0.6 is 0 Å². The van der Waals surface area contributed by atoms with E-state index in [1.165, 1.54) is 0 Å². The lowest BCUT2D eigenvalue weighted by Crippen LogP contribution is -2.42. The molecule has 5 rings (SSSR count). The average Bonchev–Trinajstić information content (AvgIpc) is 3.26. The number of allylic oxidation sites excluding steroid dienone is 1. The lowest BCUT2D eigenvalue weighted by atomic mass is 9.79. The van der Waals surface area contributed by atoms with Crippen molar-refractivity contribution in [3.8, 4) is 5.75 Å². The van der Waals surface area contributed by atoms with Gasteiger partial charge in [-0.25, -0.2) is 23.6 Å². The Morgan fingerprint density at radius 1 is 1.24 bits per heavy atom. The van der Waals surface area contributed by atoms with Crippen LogP contribution in [0.4, 0.5) is 10.1 Å². The Morgan fingerprint density at radius 3 is 2.62 bits per heavy atom. The van der Waals surface area contributed by atoms with Crippen molar-refractivity contribution in [2.75, 3.05) is 31.7 Å². The van der Waals surface area contributed by atoms with Crippen molar-refractivity contribution >= 4 is 35.1 Å². The van der Waals surface area contributed by atoms with Crippen molar-refractivity contribution in [2.24, 2.45) is 0 Å². The Kier molecular flexibility index (Phi) is 5.52. The second-order valence-electron chi connectivity index (χ2n) is 8.73. The minimum atomic E-state index is -1.87. The van der Waals surface area contributed by atoms with Crippen LogP contribution in [0.15, 0.2) is 57.8 Å². The molecule has 0 amide bonds. The average molecular weight is 506 g/mol. The molecule has 0 saturated heterocycles. The van der Waals surface area contributed by atoms with Crippen LogP contribution in [0.25, 0.3) is 5.57 Å². The molecule has 1 atom stereocenters. The Labute approximate surface area is 209 Å². The number of carboxylic acid groups (broad SMARTS) is 1. The zero-order valence-electron chi connectivity index (χ0n) is 19.7. The van der Waals surface area contributed by atoms with Gasteiger partial charge >= 0.3 is 5.97 Å². The van der Waals surface area contributed by atoms with Crippen LogP contribution in [-0.2, 0) is 23.9 Å². The number of hydrogen-bond acceptors (Lipinski definition) is 9. The van der Waals surface area contributed by atoms with Crippen molar-refractivity contribution in [1.29, 1.82) is 0 Å². The summed E-state index contributed by atoms with van der Waals surface area (Å²) in [6.45, 7) is 0.806. The number of carboxylic acids is 1. The van der Waals surface area contributed by atoms with E-state index in [4.69, 9.17) is 14.6 Å². The van der Waals surface area contributed by atoms with E-state index in [1.807, 2.05) is 11.9 Å². The molecule has 2 N–H and O–H groups in total. The highest BCUT2D eigenvalue weighted by Crippen LogP contribution is 2.53. The fourth-order valence-corrected chi connectivity index (χ4v) is 5.23. The third-order valence-electron chi connectivity index (χ3n) is 6.94. The van der Waals surface area contributed by atoms with E-state index in [0.717, 1.165) is 12.1 Å². The molecule has 4 heterocycles. The van der Waals surface area contributed by atoms with Gasteiger partial charge in [0.25, 0.3) is 0 Å². The maximum atomic E-state index is 14.6. The topological polar surface area (TPSA) is 134 Å². The van der Waals surface area contributed by atoms with E-state index in [9.17, 15) is 28.7 Å². The molecule has 4 aliphatic heterocycles. The van der Waals surface area contributed by atoms with Gasteiger partial charge in [0.2, 0.25) is 5.76 Å². The van der Waals surface area contributed by atoms with Crippen LogP contribution in [0.3, 0.4) is 0 Å². The summed E-state index contributed by atoms with van der Waals surface area (Å²) in [5, 5.41) is 20.4. The molecular formula is C26H19FN2O8. The molecule has 0 unspecified atom stereocenters. The maximum Gasteiger partial charge on any atom is 0.341 e. The fraction of sp³-hybridized carbons (Fsp3) is 0.269. The highest BCUT2D eigenvalue weighted by Gasteiger charge is 2.49. The molecule has 0 spiro atoms. The normalized spacial score (nSPS) is 21.7. The van der Waals surface area contributed by atoms with Gasteiger partial charge in [-0.2, -0.15) is 0 Å². The molecule has 0 aliphatic carbocycles. The summed E-state index contributed by atoms with van der Waals surface area (Å²) in [6.07, 6.45) is 1.60. The molecule has 10 nitrogen and oxygen atoms in total. The van der Waals surface area contributed by atoms with Crippen molar-refractivity contribution in [3.05, 3.63) is 69.2 Å². The summed E-state index contributed by atoms with van der Waals surface area (Å²) >= 11 is 0. The molecule has 37 heavy (non-hydrogen) atoms. The summed E-state index contributed by atoms with van der Waals surface area (Å²) in [5.41, 5.74) is 0.281. The number of nitrogens with zero attached hydrogens (tertiary/aromatic N) is 2. The molecule has 0 aromatic heterocycles. The van der Waals surface area contributed by atoms with Gasteiger partial charge in [0, 0.05) is 41.1 Å². The largest absolute Gasteiger partial charge is 0.480 e. The minimum Gasteiger partial charge on any atom is -0.480 e. The third kappa shape index (κ3) is 3.31. The summed E-state index contributed by atoms with van der Waals surface area (Å²) in [7, 11) is 1.64. The summed E-state index contributed by atoms with van der Waals surface area (Å²) in [5.74, 6) is 2.94. The Balaban J connectivity index is 1.73. The van der Waals surface area contributed by atoms with Crippen LogP contribution in [0.1, 0.15) is 18.9 Å². The number of rotatable bonds is 4. The van der Waals surface area contributed by atoms with Gasteiger partial charge in [-0.15, -0.1) is 0 Å². The maximum absolute atomic E-state index is 14.6. The molecule has 4 aliphatic rings. The number of carbonyl (C=O) groups is 1. The highest BCUT2D eigenvalue weighted by atomic mass is 19.1. The van der Waals surface area contributed by atoms with Gasteiger partial charge in [-0.1, -0.05) is 6.92 Å². The first-order chi connectivity index (χ1) is 17.7. The number of likely N-dealkylation sites (N-methyl/N-ethyl adjacent to an activating group) is 1. The summed E-state index contributed by atoms with van der Waals surface area (Å²) in [4.78, 5) is 50.3. The first-order valence-electron chi connectivity index (χ1n) is 11.2. The van der Waals surface area contributed by atoms with E-state index >= 15 is 0 Å². The predicted molar refractivity (Wildman–Crippen MR) is 125 cm³/mol. The van der Waals surface area contributed by atoms with Gasteiger partial charge in [0.15, 0.2) is 24.1 Å². The van der Waals surface area contributed by atoms with E-state index in [-0.39, 0.29) is 59.2 Å². The Morgan fingerprint density at radius 2 is 2.00 bits per heavy atom. The number of anilines is 1. The number of fused-ring (bicyclic) bond motifs is 3. The van der Waals surface area contributed by atoms with Crippen LogP contribution in [-0.4, -0.2) is 71.3 Å². The van der Waals surface area contributed by atoms with Crippen LogP contribution in [0.5, 0.6) is 5.75 Å². The van der Waals surface area contributed by atoms with E-state index in [2.05, 4.69) is 0 Å². The number of ether oxygens (including phenoxy) is 2. The lowest BCUT2D eigenvalue weighted by Gasteiger charge is -2.39. The SMILES string of the molecule is CC[C@@]1(O)C(=C=O)OCC2=C1C=C1C3=C(CN1C2=C=O)N(C)c1c(OCC(=O)O)cc(F)cc1C3=C=O. The first kappa shape index (κ1) is 24.1. The summed E-state index contributed by atoms with van der Waals surface area (Å²) in [6, 6.07) is 2.14. The number of aliphatic hydroxyl groups is 1. The molecule has 188 valence electrons. The lowest BCUT2D eigenvalue weighted by molar-refractivity contribution is -0.139. The second kappa shape index (κ2) is 8.48. The molecule has 0 fully saturated rings. The Bertz CT molecular complexity index is 1530. The monoisotopic (exact) mass is 506 g/mol. The number of carbonyl (C=O) groups excluding carboxylic acids is 3. The highest BCUT2D eigenvalue weighted by molar-refractivity contribution is 6.07. The van der Waals surface area contributed by atoms with Gasteiger partial charge in [-0.3, -0.25) is 0 Å². The number of aliphatic carboxylic acids is 1. The molecule has 11 heteroatoms. The van der Waals surface area contributed by atoms with Crippen molar-refractivity contribution in [1.82, 2.24) is 4.90 Å². The Hall–Kier alpha value is -4.65. The van der Waals surface area contributed by atoms with E-state index < -0.39 is 24.0 Å². The zero-order chi connectivity index (χ0) is 26.6. The third-order valence-corrected chi connectivity index (χ3v) is 6.94. The zero-order valence-corrected chi connectivity index (χ0v) is 19.7. The van der Waals surface area contributed by atoms with Crippen molar-refractivity contribution in [3.63, 3.8) is 0 Å². The van der Waals surface area contributed by atoms with Crippen LogP contribution in [0, 0.1) is 5.82 Å². The predicted octanol–water partition coefficient (Wildman–Crippen LogP) is 1.32.